The first-order valence-electron chi connectivity index (χ1n) is 11.3. The number of para-hydroxylation sites is 1. The third-order valence-electron chi connectivity index (χ3n) is 5.68. The van der Waals surface area contributed by atoms with Crippen LogP contribution in [0.15, 0.2) is 67.1 Å². The van der Waals surface area contributed by atoms with Gasteiger partial charge in [0.05, 0.1) is 25.8 Å². The summed E-state index contributed by atoms with van der Waals surface area (Å²) in [5, 5.41) is 0. The molecule has 0 saturated carbocycles. The lowest BCUT2D eigenvalue weighted by Gasteiger charge is -2.32. The minimum Gasteiger partial charge on any atom is -0.496 e. The summed E-state index contributed by atoms with van der Waals surface area (Å²) in [6.07, 6.45) is 7.57. The van der Waals surface area contributed by atoms with Gasteiger partial charge in [0.15, 0.2) is 0 Å². The normalized spacial score (nSPS) is 14.0. The van der Waals surface area contributed by atoms with Crippen LogP contribution in [-0.4, -0.2) is 53.7 Å². The van der Waals surface area contributed by atoms with Gasteiger partial charge >= 0.3 is 0 Å². The lowest BCUT2D eigenvalue weighted by Crippen LogP contribution is -2.42. The number of methoxy groups -OCH3 is 1. The Morgan fingerprint density at radius 1 is 1.06 bits per heavy atom. The van der Waals surface area contributed by atoms with E-state index < -0.39 is 0 Å². The van der Waals surface area contributed by atoms with Crippen LogP contribution in [0.5, 0.6) is 17.2 Å². The number of aromatic nitrogens is 2. The summed E-state index contributed by atoms with van der Waals surface area (Å²) in [6, 6.07) is 15.7. The van der Waals surface area contributed by atoms with Gasteiger partial charge in [0.2, 0.25) is 5.91 Å². The van der Waals surface area contributed by atoms with Crippen molar-refractivity contribution in [2.45, 2.75) is 31.8 Å². The summed E-state index contributed by atoms with van der Waals surface area (Å²) in [5.41, 5.74) is 1.82. The van der Waals surface area contributed by atoms with Crippen LogP contribution >= 0.6 is 0 Å². The van der Waals surface area contributed by atoms with Crippen molar-refractivity contribution in [3.63, 3.8) is 0 Å². The number of hydrogen-bond acceptors (Lipinski definition) is 6. The summed E-state index contributed by atoms with van der Waals surface area (Å²) in [6.45, 7) is 1.91. The molecule has 3 aromatic rings. The van der Waals surface area contributed by atoms with E-state index in [0.717, 1.165) is 42.1 Å². The molecule has 7 heteroatoms. The molecule has 0 unspecified atom stereocenters. The number of likely N-dealkylation sites (tertiary alicyclic amines) is 1. The molecule has 0 radical (unpaired) electrons. The standard InChI is InChI=1S/C26H29N3O4/c1-31-25-8-3-2-5-20(25)11-16-32-23-6-4-7-24(18-23)33-22-9-14-29(15-10-22)26(30)17-21-19-27-12-13-28-21/h2-8,12-13,18-19,22H,9-11,14-17H2,1H3. The molecule has 2 aromatic carbocycles. The predicted octanol–water partition coefficient (Wildman–Crippen LogP) is 3.72. The molecule has 1 saturated heterocycles. The van der Waals surface area contributed by atoms with Gasteiger partial charge in [0.25, 0.3) is 0 Å². The molecule has 33 heavy (non-hydrogen) atoms. The zero-order valence-corrected chi connectivity index (χ0v) is 18.9. The SMILES string of the molecule is COc1ccccc1CCOc1cccc(OC2CCN(C(=O)Cc3cnccn3)CC2)c1. The third kappa shape index (κ3) is 6.44. The van der Waals surface area contributed by atoms with Gasteiger partial charge in [-0.3, -0.25) is 14.8 Å². The number of carbonyl (C=O) groups is 1. The van der Waals surface area contributed by atoms with Gasteiger partial charge in [-0.05, 0) is 23.8 Å². The topological polar surface area (TPSA) is 73.8 Å². The summed E-state index contributed by atoms with van der Waals surface area (Å²) < 4.78 is 17.5. The second-order valence-electron chi connectivity index (χ2n) is 7.96. The van der Waals surface area contributed by atoms with Gasteiger partial charge in [-0.25, -0.2) is 0 Å². The Morgan fingerprint density at radius 2 is 1.88 bits per heavy atom. The second kappa shape index (κ2) is 11.3. The molecule has 4 rings (SSSR count). The van der Waals surface area contributed by atoms with Crippen molar-refractivity contribution in [1.29, 1.82) is 0 Å². The Hall–Kier alpha value is -3.61. The van der Waals surface area contributed by atoms with E-state index in [1.807, 2.05) is 53.4 Å². The van der Waals surface area contributed by atoms with Crippen LogP contribution in [0.1, 0.15) is 24.1 Å². The van der Waals surface area contributed by atoms with Crippen LogP contribution in [0.2, 0.25) is 0 Å². The fraction of sp³-hybridized carbons (Fsp3) is 0.346. The number of nitrogens with zero attached hydrogens (tertiary/aromatic N) is 3. The number of hydrogen-bond donors (Lipinski definition) is 0. The smallest absolute Gasteiger partial charge is 0.228 e. The fourth-order valence-electron chi connectivity index (χ4n) is 3.93. The Morgan fingerprint density at radius 3 is 2.67 bits per heavy atom. The first kappa shape index (κ1) is 22.6. The van der Waals surface area contributed by atoms with E-state index in [9.17, 15) is 4.79 Å². The van der Waals surface area contributed by atoms with Crippen LogP contribution in [-0.2, 0) is 17.6 Å². The molecule has 0 N–H and O–H groups in total. The molecule has 0 bridgehead atoms. The summed E-state index contributed by atoms with van der Waals surface area (Å²) in [4.78, 5) is 22.6. The Kier molecular flexibility index (Phi) is 7.74. The molecular formula is C26H29N3O4. The van der Waals surface area contributed by atoms with Crippen molar-refractivity contribution in [3.05, 3.63) is 78.4 Å². The number of ether oxygens (including phenoxy) is 3. The first-order valence-corrected chi connectivity index (χ1v) is 11.3. The summed E-state index contributed by atoms with van der Waals surface area (Å²) in [7, 11) is 1.68. The number of benzene rings is 2. The maximum atomic E-state index is 12.5. The van der Waals surface area contributed by atoms with Gasteiger partial charge in [-0.2, -0.15) is 0 Å². The molecule has 1 aliphatic heterocycles. The highest BCUT2D eigenvalue weighted by molar-refractivity contribution is 5.78. The van der Waals surface area contributed by atoms with E-state index in [1.165, 1.54) is 0 Å². The number of carbonyl (C=O) groups excluding carboxylic acids is 1. The van der Waals surface area contributed by atoms with Crippen molar-refractivity contribution in [1.82, 2.24) is 14.9 Å². The zero-order valence-electron chi connectivity index (χ0n) is 18.9. The molecule has 0 atom stereocenters. The van der Waals surface area contributed by atoms with Crippen LogP contribution in [0.4, 0.5) is 0 Å². The van der Waals surface area contributed by atoms with E-state index in [4.69, 9.17) is 14.2 Å². The quantitative estimate of drug-likeness (QED) is 0.498. The lowest BCUT2D eigenvalue weighted by molar-refractivity contribution is -0.132. The van der Waals surface area contributed by atoms with Crippen molar-refractivity contribution < 1.29 is 19.0 Å². The minimum atomic E-state index is 0.0781. The molecular weight excluding hydrogens is 418 g/mol. The van der Waals surface area contributed by atoms with Gasteiger partial charge in [-0.15, -0.1) is 0 Å². The van der Waals surface area contributed by atoms with Gasteiger partial charge < -0.3 is 19.1 Å². The minimum absolute atomic E-state index is 0.0781. The predicted molar refractivity (Wildman–Crippen MR) is 125 cm³/mol. The number of rotatable bonds is 9. The molecule has 0 aliphatic carbocycles. The maximum Gasteiger partial charge on any atom is 0.228 e. The highest BCUT2D eigenvalue weighted by Crippen LogP contribution is 2.24. The van der Waals surface area contributed by atoms with Gasteiger partial charge in [0.1, 0.15) is 23.4 Å². The van der Waals surface area contributed by atoms with E-state index in [0.29, 0.717) is 25.4 Å². The molecule has 1 fully saturated rings. The van der Waals surface area contributed by atoms with Gasteiger partial charge in [0, 0.05) is 57.0 Å². The molecule has 2 heterocycles. The Balaban J connectivity index is 1.23. The zero-order chi connectivity index (χ0) is 22.9. The van der Waals surface area contributed by atoms with Crippen LogP contribution in [0, 0.1) is 0 Å². The van der Waals surface area contributed by atoms with Crippen molar-refractivity contribution >= 4 is 5.91 Å². The highest BCUT2D eigenvalue weighted by atomic mass is 16.5. The first-order chi connectivity index (χ1) is 16.2. The molecule has 172 valence electrons. The van der Waals surface area contributed by atoms with E-state index in [-0.39, 0.29) is 18.4 Å². The summed E-state index contributed by atoms with van der Waals surface area (Å²) in [5.74, 6) is 2.52. The fourth-order valence-corrected chi connectivity index (χ4v) is 3.93. The Bertz CT molecular complexity index is 1040. The molecule has 1 aliphatic rings. The molecule has 1 amide bonds. The van der Waals surface area contributed by atoms with Crippen molar-refractivity contribution in [2.24, 2.45) is 0 Å². The average molecular weight is 448 g/mol. The molecule has 0 spiro atoms. The van der Waals surface area contributed by atoms with Crippen LogP contribution in [0.3, 0.4) is 0 Å². The highest BCUT2D eigenvalue weighted by Gasteiger charge is 2.24. The number of amides is 1. The molecule has 1 aromatic heterocycles. The van der Waals surface area contributed by atoms with Crippen LogP contribution < -0.4 is 14.2 Å². The Labute approximate surface area is 194 Å². The van der Waals surface area contributed by atoms with Gasteiger partial charge in [-0.1, -0.05) is 24.3 Å². The summed E-state index contributed by atoms with van der Waals surface area (Å²) >= 11 is 0. The average Bonchev–Trinajstić information content (AvgIpc) is 2.86. The molecule has 7 nitrogen and oxygen atoms in total. The van der Waals surface area contributed by atoms with E-state index in [2.05, 4.69) is 9.97 Å². The lowest BCUT2D eigenvalue weighted by atomic mass is 10.1. The number of piperidine rings is 1. The maximum absolute atomic E-state index is 12.5. The largest absolute Gasteiger partial charge is 0.496 e. The van der Waals surface area contributed by atoms with Crippen molar-refractivity contribution in [3.8, 4) is 17.2 Å². The van der Waals surface area contributed by atoms with E-state index in [1.54, 1.807) is 25.7 Å². The van der Waals surface area contributed by atoms with E-state index >= 15 is 0 Å². The monoisotopic (exact) mass is 447 g/mol. The second-order valence-corrected chi connectivity index (χ2v) is 7.96. The van der Waals surface area contributed by atoms with Crippen molar-refractivity contribution in [2.75, 3.05) is 26.8 Å². The third-order valence-corrected chi connectivity index (χ3v) is 5.68. The van der Waals surface area contributed by atoms with Crippen LogP contribution in [0.25, 0.3) is 0 Å².